The number of benzene rings is 1. The van der Waals surface area contributed by atoms with Crippen LogP contribution < -0.4 is 5.32 Å². The minimum atomic E-state index is -0.739. The van der Waals surface area contributed by atoms with Crippen molar-refractivity contribution in [3.8, 4) is 6.07 Å². The molecule has 2 atom stereocenters. The van der Waals surface area contributed by atoms with Crippen molar-refractivity contribution in [1.82, 2.24) is 5.32 Å². The third kappa shape index (κ3) is 5.54. The van der Waals surface area contributed by atoms with Gasteiger partial charge in [-0.2, -0.15) is 5.26 Å². The summed E-state index contributed by atoms with van der Waals surface area (Å²) in [6.45, 7) is 4.29. The summed E-state index contributed by atoms with van der Waals surface area (Å²) in [5.41, 5.74) is 1.25. The Kier molecular flexibility index (Phi) is 6.86. The summed E-state index contributed by atoms with van der Waals surface area (Å²) in [4.78, 5) is 11.7. The second-order valence-electron chi connectivity index (χ2n) is 5.36. The first-order valence-electron chi connectivity index (χ1n) is 6.97. The molecule has 0 saturated heterocycles. The lowest BCUT2D eigenvalue weighted by atomic mass is 10.0. The van der Waals surface area contributed by atoms with Crippen molar-refractivity contribution in [1.29, 1.82) is 5.26 Å². The largest absolute Gasteiger partial charge is 0.468 e. The highest BCUT2D eigenvalue weighted by Gasteiger charge is 2.21. The molecule has 1 aromatic carbocycles. The van der Waals surface area contributed by atoms with Crippen LogP contribution in [0.4, 0.5) is 0 Å². The van der Waals surface area contributed by atoms with Crippen molar-refractivity contribution in [2.24, 2.45) is 5.92 Å². The van der Waals surface area contributed by atoms with Crippen LogP contribution in [0.15, 0.2) is 24.3 Å². The summed E-state index contributed by atoms with van der Waals surface area (Å²) in [5.74, 6) is 0.0179. The Balaban J connectivity index is 2.61. The Morgan fingerprint density at radius 2 is 2.00 bits per heavy atom. The van der Waals surface area contributed by atoms with Gasteiger partial charge in [0.05, 0.1) is 24.8 Å². The van der Waals surface area contributed by atoms with Gasteiger partial charge in [0, 0.05) is 6.54 Å². The van der Waals surface area contributed by atoms with Crippen LogP contribution in [0.2, 0.25) is 0 Å². The molecular formula is C16H22N2O3. The number of esters is 1. The van der Waals surface area contributed by atoms with Crippen LogP contribution in [0.3, 0.4) is 0 Å². The van der Waals surface area contributed by atoms with Crippen molar-refractivity contribution in [2.75, 3.05) is 13.7 Å². The molecule has 5 nitrogen and oxygen atoms in total. The molecule has 5 heteroatoms. The first-order chi connectivity index (χ1) is 9.97. The number of aliphatic hydroxyl groups excluding tert-OH is 1. The van der Waals surface area contributed by atoms with Gasteiger partial charge in [-0.3, -0.25) is 4.79 Å². The van der Waals surface area contributed by atoms with Gasteiger partial charge in [0.15, 0.2) is 0 Å². The predicted octanol–water partition coefficient (Wildman–Crippen LogP) is 1.77. The molecule has 0 aliphatic carbocycles. The number of aliphatic hydroxyl groups is 1. The maximum absolute atomic E-state index is 11.7. The zero-order valence-electron chi connectivity index (χ0n) is 12.7. The van der Waals surface area contributed by atoms with Crippen LogP contribution in [0, 0.1) is 17.2 Å². The van der Waals surface area contributed by atoms with Gasteiger partial charge in [-0.25, -0.2) is 0 Å². The third-order valence-corrected chi connectivity index (χ3v) is 3.17. The quantitative estimate of drug-likeness (QED) is 0.748. The zero-order valence-corrected chi connectivity index (χ0v) is 12.7. The molecular weight excluding hydrogens is 268 g/mol. The molecule has 0 fully saturated rings. The molecule has 2 unspecified atom stereocenters. The highest BCUT2D eigenvalue weighted by molar-refractivity contribution is 5.75. The number of nitriles is 1. The van der Waals surface area contributed by atoms with Gasteiger partial charge in [0.2, 0.25) is 0 Å². The molecule has 1 aromatic rings. The highest BCUT2D eigenvalue weighted by Crippen LogP contribution is 2.14. The Bertz CT molecular complexity index is 491. The first-order valence-corrected chi connectivity index (χ1v) is 6.97. The summed E-state index contributed by atoms with van der Waals surface area (Å²) < 4.78 is 4.76. The molecule has 0 saturated carbocycles. The maximum Gasteiger partial charge on any atom is 0.322 e. The number of hydrogen-bond donors (Lipinski definition) is 2. The number of hydrogen-bond acceptors (Lipinski definition) is 5. The van der Waals surface area contributed by atoms with E-state index in [0.29, 0.717) is 23.5 Å². The molecule has 1 rings (SSSR count). The van der Waals surface area contributed by atoms with E-state index in [9.17, 15) is 9.90 Å². The molecule has 0 aliphatic rings. The van der Waals surface area contributed by atoms with E-state index in [2.05, 4.69) is 5.32 Å². The topological polar surface area (TPSA) is 82.3 Å². The van der Waals surface area contributed by atoms with Crippen molar-refractivity contribution >= 4 is 5.97 Å². The van der Waals surface area contributed by atoms with Gasteiger partial charge >= 0.3 is 5.97 Å². The fourth-order valence-corrected chi connectivity index (χ4v) is 2.03. The number of ether oxygens (including phenoxy) is 1. The summed E-state index contributed by atoms with van der Waals surface area (Å²) >= 11 is 0. The van der Waals surface area contributed by atoms with Gasteiger partial charge < -0.3 is 15.2 Å². The molecule has 21 heavy (non-hydrogen) atoms. The number of nitrogens with zero attached hydrogens (tertiary/aromatic N) is 1. The van der Waals surface area contributed by atoms with E-state index in [1.165, 1.54) is 7.11 Å². The lowest BCUT2D eigenvalue weighted by Gasteiger charge is -2.20. The fraction of sp³-hybridized carbons (Fsp3) is 0.500. The second kappa shape index (κ2) is 8.40. The summed E-state index contributed by atoms with van der Waals surface area (Å²) in [6.07, 6.45) is -0.0932. The number of nitrogens with one attached hydrogen (secondary N) is 1. The predicted molar refractivity (Wildman–Crippen MR) is 79.4 cm³/mol. The molecule has 0 heterocycles. The molecule has 2 N–H and O–H groups in total. The van der Waals surface area contributed by atoms with E-state index in [0.717, 1.165) is 0 Å². The number of carbonyl (C=O) groups is 1. The van der Waals surface area contributed by atoms with E-state index in [4.69, 9.17) is 10.00 Å². The second-order valence-corrected chi connectivity index (χ2v) is 5.36. The van der Waals surface area contributed by atoms with Gasteiger partial charge in [0.1, 0.15) is 6.04 Å². The molecule has 0 bridgehead atoms. The minimum Gasteiger partial charge on any atom is -0.468 e. The molecule has 0 radical (unpaired) electrons. The molecule has 0 aromatic heterocycles. The van der Waals surface area contributed by atoms with Crippen LogP contribution in [0.1, 0.15) is 37.5 Å². The van der Waals surface area contributed by atoms with E-state index in [1.54, 1.807) is 24.3 Å². The standard InChI is InChI=1S/C16H22N2O3/c1-11(2)8-14(16(20)21-3)18-10-15(19)13-6-4-12(9-17)5-7-13/h4-7,11,14-15,18-19H,8,10H2,1-3H3. The SMILES string of the molecule is COC(=O)C(CC(C)C)NCC(O)c1ccc(C#N)cc1. The number of carbonyl (C=O) groups excluding carboxylic acids is 1. The zero-order chi connectivity index (χ0) is 15.8. The monoisotopic (exact) mass is 290 g/mol. The minimum absolute atomic E-state index is 0.248. The maximum atomic E-state index is 11.7. The van der Waals surface area contributed by atoms with Gasteiger partial charge in [-0.05, 0) is 30.0 Å². The van der Waals surface area contributed by atoms with Crippen LogP contribution in [0.25, 0.3) is 0 Å². The Labute approximate surface area is 125 Å². The lowest BCUT2D eigenvalue weighted by molar-refractivity contribution is -0.143. The van der Waals surface area contributed by atoms with E-state index in [-0.39, 0.29) is 12.5 Å². The summed E-state index contributed by atoms with van der Waals surface area (Å²) in [6, 6.07) is 8.33. The first kappa shape index (κ1) is 17.2. The van der Waals surface area contributed by atoms with Gasteiger partial charge in [-0.1, -0.05) is 26.0 Å². The number of methoxy groups -OCH3 is 1. The van der Waals surface area contributed by atoms with E-state index < -0.39 is 12.1 Å². The Morgan fingerprint density at radius 3 is 2.48 bits per heavy atom. The highest BCUT2D eigenvalue weighted by atomic mass is 16.5. The average molecular weight is 290 g/mol. The Hall–Kier alpha value is -1.90. The van der Waals surface area contributed by atoms with Crippen molar-refractivity contribution in [2.45, 2.75) is 32.4 Å². The fourth-order valence-electron chi connectivity index (χ4n) is 2.03. The molecule has 0 aliphatic heterocycles. The normalized spacial score (nSPS) is 13.5. The van der Waals surface area contributed by atoms with E-state index in [1.807, 2.05) is 19.9 Å². The van der Waals surface area contributed by atoms with Gasteiger partial charge in [0.25, 0.3) is 0 Å². The van der Waals surface area contributed by atoms with Crippen LogP contribution >= 0.6 is 0 Å². The van der Waals surface area contributed by atoms with Crippen molar-refractivity contribution < 1.29 is 14.6 Å². The van der Waals surface area contributed by atoms with Crippen LogP contribution in [-0.4, -0.2) is 30.8 Å². The summed E-state index contributed by atoms with van der Waals surface area (Å²) in [7, 11) is 1.36. The van der Waals surface area contributed by atoms with Crippen LogP contribution in [0.5, 0.6) is 0 Å². The Morgan fingerprint density at radius 1 is 1.38 bits per heavy atom. The number of rotatable bonds is 7. The lowest BCUT2D eigenvalue weighted by Crippen LogP contribution is -2.40. The molecule has 0 amide bonds. The van der Waals surface area contributed by atoms with Crippen molar-refractivity contribution in [3.63, 3.8) is 0 Å². The van der Waals surface area contributed by atoms with Gasteiger partial charge in [-0.15, -0.1) is 0 Å². The summed E-state index contributed by atoms with van der Waals surface area (Å²) in [5, 5.41) is 21.9. The molecule has 114 valence electrons. The average Bonchev–Trinajstić information content (AvgIpc) is 2.50. The van der Waals surface area contributed by atoms with E-state index >= 15 is 0 Å². The van der Waals surface area contributed by atoms with Crippen molar-refractivity contribution in [3.05, 3.63) is 35.4 Å². The van der Waals surface area contributed by atoms with Crippen LogP contribution in [-0.2, 0) is 9.53 Å². The molecule has 0 spiro atoms. The smallest absolute Gasteiger partial charge is 0.322 e. The third-order valence-electron chi connectivity index (χ3n) is 3.17.